The van der Waals surface area contributed by atoms with Crippen LogP contribution in [0.1, 0.15) is 11.1 Å². The number of rotatable bonds is 6. The Morgan fingerprint density at radius 1 is 1.16 bits per heavy atom. The van der Waals surface area contributed by atoms with Gasteiger partial charge < -0.3 is 10.1 Å². The van der Waals surface area contributed by atoms with Gasteiger partial charge in [-0.1, -0.05) is 24.3 Å². The molecule has 4 nitrogen and oxygen atoms in total. The van der Waals surface area contributed by atoms with E-state index in [9.17, 15) is 0 Å². The van der Waals surface area contributed by atoms with E-state index in [1.54, 1.807) is 7.11 Å². The van der Waals surface area contributed by atoms with E-state index in [4.69, 9.17) is 4.74 Å². The van der Waals surface area contributed by atoms with Gasteiger partial charge in [0, 0.05) is 43.7 Å². The van der Waals surface area contributed by atoms with Crippen LogP contribution in [0.4, 0.5) is 0 Å². The average molecular weight is 257 g/mol. The first-order valence-electron chi connectivity index (χ1n) is 6.38. The summed E-state index contributed by atoms with van der Waals surface area (Å²) in [5.41, 5.74) is 3.35. The summed E-state index contributed by atoms with van der Waals surface area (Å²) in [6.45, 7) is 4.37. The Balaban J connectivity index is 2.01. The molecule has 0 aliphatic rings. The van der Waals surface area contributed by atoms with Crippen LogP contribution in [0.15, 0.2) is 36.7 Å². The van der Waals surface area contributed by atoms with E-state index in [1.807, 2.05) is 30.6 Å². The molecular formula is C15H19N3O. The van der Waals surface area contributed by atoms with Gasteiger partial charge in [0.25, 0.3) is 0 Å². The largest absolute Gasteiger partial charge is 0.383 e. The van der Waals surface area contributed by atoms with Gasteiger partial charge in [-0.15, -0.1) is 0 Å². The van der Waals surface area contributed by atoms with Crippen LogP contribution in [-0.4, -0.2) is 30.2 Å². The number of hydrogen-bond donors (Lipinski definition) is 1. The van der Waals surface area contributed by atoms with Gasteiger partial charge in [-0.25, -0.2) is 9.97 Å². The molecule has 0 spiro atoms. The molecule has 2 aromatic rings. The fourth-order valence-electron chi connectivity index (χ4n) is 1.82. The summed E-state index contributed by atoms with van der Waals surface area (Å²) >= 11 is 0. The Morgan fingerprint density at radius 3 is 2.58 bits per heavy atom. The van der Waals surface area contributed by atoms with Gasteiger partial charge in [-0.2, -0.15) is 0 Å². The molecule has 19 heavy (non-hydrogen) atoms. The van der Waals surface area contributed by atoms with Gasteiger partial charge in [-0.3, -0.25) is 0 Å². The number of aryl methyl sites for hydroxylation is 1. The Morgan fingerprint density at radius 2 is 1.89 bits per heavy atom. The van der Waals surface area contributed by atoms with Gasteiger partial charge in [-0.05, 0) is 12.5 Å². The number of methoxy groups -OCH3 is 1. The number of nitrogens with one attached hydrogen (secondary N) is 1. The van der Waals surface area contributed by atoms with Crippen molar-refractivity contribution in [3.8, 4) is 11.4 Å². The summed E-state index contributed by atoms with van der Waals surface area (Å²) < 4.78 is 4.98. The molecule has 0 radical (unpaired) electrons. The van der Waals surface area contributed by atoms with Crippen LogP contribution in [0.2, 0.25) is 0 Å². The van der Waals surface area contributed by atoms with E-state index >= 15 is 0 Å². The molecule has 1 aromatic heterocycles. The van der Waals surface area contributed by atoms with Crippen molar-refractivity contribution in [1.82, 2.24) is 15.3 Å². The fraction of sp³-hybridized carbons (Fsp3) is 0.333. The number of hydrogen-bond acceptors (Lipinski definition) is 4. The van der Waals surface area contributed by atoms with Crippen molar-refractivity contribution in [3.63, 3.8) is 0 Å². The second-order valence-electron chi connectivity index (χ2n) is 4.40. The molecule has 0 bridgehead atoms. The SMILES string of the molecule is COCCNCc1cnc(-c2ccccc2C)nc1. The first-order valence-corrected chi connectivity index (χ1v) is 6.38. The highest BCUT2D eigenvalue weighted by Crippen LogP contribution is 2.18. The third kappa shape index (κ3) is 3.84. The van der Waals surface area contributed by atoms with Crippen molar-refractivity contribution < 1.29 is 4.74 Å². The summed E-state index contributed by atoms with van der Waals surface area (Å²) in [7, 11) is 1.70. The number of nitrogens with zero attached hydrogens (tertiary/aromatic N) is 2. The summed E-state index contributed by atoms with van der Waals surface area (Å²) in [6.07, 6.45) is 3.74. The number of benzene rings is 1. The van der Waals surface area contributed by atoms with E-state index in [0.29, 0.717) is 6.61 Å². The zero-order valence-electron chi connectivity index (χ0n) is 11.4. The van der Waals surface area contributed by atoms with Crippen molar-refractivity contribution in [1.29, 1.82) is 0 Å². The Labute approximate surface area is 113 Å². The normalized spacial score (nSPS) is 10.6. The van der Waals surface area contributed by atoms with Gasteiger partial charge in [0.05, 0.1) is 6.61 Å². The van der Waals surface area contributed by atoms with Crippen LogP contribution in [0.25, 0.3) is 11.4 Å². The summed E-state index contributed by atoms with van der Waals surface area (Å²) in [4.78, 5) is 8.85. The van der Waals surface area contributed by atoms with Crippen LogP contribution < -0.4 is 5.32 Å². The van der Waals surface area contributed by atoms with Gasteiger partial charge in [0.1, 0.15) is 0 Å². The monoisotopic (exact) mass is 257 g/mol. The molecule has 2 rings (SSSR count). The minimum absolute atomic E-state index is 0.710. The van der Waals surface area contributed by atoms with Crippen molar-refractivity contribution >= 4 is 0 Å². The Bertz CT molecular complexity index is 511. The minimum Gasteiger partial charge on any atom is -0.383 e. The molecule has 0 aliphatic heterocycles. The predicted molar refractivity (Wildman–Crippen MR) is 75.8 cm³/mol. The molecule has 1 heterocycles. The smallest absolute Gasteiger partial charge is 0.159 e. The molecule has 100 valence electrons. The summed E-state index contributed by atoms with van der Waals surface area (Å²) in [5, 5.41) is 3.27. The number of aromatic nitrogens is 2. The summed E-state index contributed by atoms with van der Waals surface area (Å²) in [6, 6.07) is 8.14. The summed E-state index contributed by atoms with van der Waals surface area (Å²) in [5.74, 6) is 0.777. The topological polar surface area (TPSA) is 47.0 Å². The first-order chi connectivity index (χ1) is 9.31. The molecule has 0 saturated heterocycles. The number of ether oxygens (including phenoxy) is 1. The molecule has 0 unspecified atom stereocenters. The third-order valence-corrected chi connectivity index (χ3v) is 2.90. The molecule has 1 aromatic carbocycles. The van der Waals surface area contributed by atoms with Crippen LogP contribution in [0, 0.1) is 6.92 Å². The third-order valence-electron chi connectivity index (χ3n) is 2.90. The van der Waals surface area contributed by atoms with E-state index in [0.717, 1.165) is 30.0 Å². The second-order valence-corrected chi connectivity index (χ2v) is 4.40. The predicted octanol–water partition coefficient (Wildman–Crippen LogP) is 2.19. The van der Waals surface area contributed by atoms with E-state index in [1.165, 1.54) is 5.56 Å². The van der Waals surface area contributed by atoms with Crippen LogP contribution in [0.3, 0.4) is 0 Å². The maximum atomic E-state index is 4.98. The lowest BCUT2D eigenvalue weighted by Gasteiger charge is -2.06. The van der Waals surface area contributed by atoms with E-state index in [2.05, 4.69) is 28.3 Å². The fourth-order valence-corrected chi connectivity index (χ4v) is 1.82. The quantitative estimate of drug-likeness (QED) is 0.806. The van der Waals surface area contributed by atoms with Crippen LogP contribution >= 0.6 is 0 Å². The molecule has 0 atom stereocenters. The zero-order valence-corrected chi connectivity index (χ0v) is 11.4. The standard InChI is InChI=1S/C15H19N3O/c1-12-5-3-4-6-14(12)15-17-10-13(11-18-15)9-16-7-8-19-2/h3-6,10-11,16H,7-9H2,1-2H3. The second kappa shape index (κ2) is 6.97. The molecule has 0 fully saturated rings. The molecule has 4 heteroatoms. The Kier molecular flexibility index (Phi) is 5.01. The van der Waals surface area contributed by atoms with E-state index < -0.39 is 0 Å². The Hall–Kier alpha value is -1.78. The van der Waals surface area contributed by atoms with Crippen LogP contribution in [0.5, 0.6) is 0 Å². The van der Waals surface area contributed by atoms with Crippen molar-refractivity contribution in [2.24, 2.45) is 0 Å². The van der Waals surface area contributed by atoms with Gasteiger partial charge >= 0.3 is 0 Å². The highest BCUT2D eigenvalue weighted by Gasteiger charge is 2.03. The van der Waals surface area contributed by atoms with Gasteiger partial charge in [0.15, 0.2) is 5.82 Å². The highest BCUT2D eigenvalue weighted by atomic mass is 16.5. The van der Waals surface area contributed by atoms with Crippen molar-refractivity contribution in [2.75, 3.05) is 20.3 Å². The lowest BCUT2D eigenvalue weighted by Crippen LogP contribution is -2.18. The van der Waals surface area contributed by atoms with Gasteiger partial charge in [0.2, 0.25) is 0 Å². The highest BCUT2D eigenvalue weighted by molar-refractivity contribution is 5.59. The lowest BCUT2D eigenvalue weighted by atomic mass is 10.1. The first kappa shape index (κ1) is 13.6. The minimum atomic E-state index is 0.710. The van der Waals surface area contributed by atoms with Crippen molar-refractivity contribution in [2.45, 2.75) is 13.5 Å². The van der Waals surface area contributed by atoms with Crippen molar-refractivity contribution in [3.05, 3.63) is 47.8 Å². The maximum absolute atomic E-state index is 4.98. The average Bonchev–Trinajstić information content (AvgIpc) is 2.45. The van der Waals surface area contributed by atoms with Crippen LogP contribution in [-0.2, 0) is 11.3 Å². The maximum Gasteiger partial charge on any atom is 0.159 e. The lowest BCUT2D eigenvalue weighted by molar-refractivity contribution is 0.199. The molecule has 0 aliphatic carbocycles. The molecule has 0 amide bonds. The molecular weight excluding hydrogens is 238 g/mol. The van der Waals surface area contributed by atoms with E-state index in [-0.39, 0.29) is 0 Å². The zero-order chi connectivity index (χ0) is 13.5. The molecule has 0 saturated carbocycles. The molecule has 1 N–H and O–H groups in total.